The molecule has 8 heteroatoms. The maximum absolute atomic E-state index is 11.0. The number of hydrogen-bond acceptors (Lipinski definition) is 5. The topological polar surface area (TPSA) is 83.0 Å². The van der Waals surface area contributed by atoms with E-state index < -0.39 is 5.76 Å². The summed E-state index contributed by atoms with van der Waals surface area (Å²) in [6.07, 6.45) is 1.17. The van der Waals surface area contributed by atoms with Crippen LogP contribution in [0.5, 0.6) is 0 Å². The van der Waals surface area contributed by atoms with Gasteiger partial charge in [0.2, 0.25) is 5.89 Å². The number of rotatable bonds is 4. The third-order valence-electron chi connectivity index (χ3n) is 3.39. The zero-order valence-corrected chi connectivity index (χ0v) is 12.8. The van der Waals surface area contributed by atoms with Gasteiger partial charge in [-0.2, -0.15) is 0 Å². The molecule has 1 aromatic heterocycles. The van der Waals surface area contributed by atoms with Gasteiger partial charge >= 0.3 is 5.76 Å². The number of nitrogens with one attached hydrogen (secondary N) is 3. The molecule has 1 aliphatic rings. The number of aromatic amines is 1. The Morgan fingerprint density at radius 1 is 1.48 bits per heavy atom. The summed E-state index contributed by atoms with van der Waals surface area (Å²) >= 11 is 6.18. The van der Waals surface area contributed by atoms with Crippen molar-refractivity contribution in [3.05, 3.63) is 33.8 Å². The van der Waals surface area contributed by atoms with Gasteiger partial charge in [0.1, 0.15) is 0 Å². The minimum absolute atomic E-state index is 0. The lowest BCUT2D eigenvalue weighted by Gasteiger charge is -2.13. The van der Waals surface area contributed by atoms with Crippen LogP contribution < -0.4 is 16.4 Å². The number of aromatic nitrogens is 2. The average Bonchev–Trinajstić information content (AvgIpc) is 3.09. The molecule has 0 unspecified atom stereocenters. The van der Waals surface area contributed by atoms with Crippen LogP contribution in [-0.2, 0) is 0 Å². The molecule has 0 amide bonds. The van der Waals surface area contributed by atoms with Crippen LogP contribution in [0, 0.1) is 5.92 Å². The molecule has 0 radical (unpaired) electrons. The van der Waals surface area contributed by atoms with E-state index in [1.165, 1.54) is 6.42 Å². The summed E-state index contributed by atoms with van der Waals surface area (Å²) in [6, 6.07) is 5.37. The van der Waals surface area contributed by atoms with Gasteiger partial charge in [0.25, 0.3) is 0 Å². The van der Waals surface area contributed by atoms with Gasteiger partial charge in [-0.1, -0.05) is 11.6 Å². The molecule has 1 fully saturated rings. The molecule has 3 rings (SSSR count). The zero-order valence-electron chi connectivity index (χ0n) is 11.2. The maximum atomic E-state index is 11.0. The van der Waals surface area contributed by atoms with Crippen LogP contribution in [0.25, 0.3) is 11.5 Å². The molecule has 1 saturated heterocycles. The highest BCUT2D eigenvalue weighted by molar-refractivity contribution is 6.33. The molecule has 2 heterocycles. The summed E-state index contributed by atoms with van der Waals surface area (Å²) in [4.78, 5) is 11.0. The Balaban J connectivity index is 0.00000161. The fourth-order valence-electron chi connectivity index (χ4n) is 2.29. The standard InChI is InChI=1S/C13H15ClN4O2.ClH/c14-10-2-1-9(12-17-18-13(19)20-12)5-11(10)16-7-8-3-4-15-6-8;/h1-2,5,8,15-16H,3-4,6-7H2,(H,18,19);1H/t8-;/m1./s1. The Kier molecular flexibility index (Phi) is 5.27. The first-order valence-corrected chi connectivity index (χ1v) is 6.90. The first-order valence-electron chi connectivity index (χ1n) is 6.52. The highest BCUT2D eigenvalue weighted by Crippen LogP contribution is 2.27. The van der Waals surface area contributed by atoms with Gasteiger partial charge in [-0.25, -0.2) is 9.89 Å². The Labute approximate surface area is 132 Å². The second kappa shape index (κ2) is 6.98. The Morgan fingerprint density at radius 2 is 2.33 bits per heavy atom. The number of hydrogen-bond donors (Lipinski definition) is 3. The number of anilines is 1. The third kappa shape index (κ3) is 3.78. The van der Waals surface area contributed by atoms with Crippen LogP contribution in [0.1, 0.15) is 6.42 Å². The summed E-state index contributed by atoms with van der Waals surface area (Å²) in [6.45, 7) is 2.96. The fourth-order valence-corrected chi connectivity index (χ4v) is 2.47. The van der Waals surface area contributed by atoms with Crippen molar-refractivity contribution in [1.29, 1.82) is 0 Å². The normalized spacial score (nSPS) is 17.5. The molecule has 114 valence electrons. The van der Waals surface area contributed by atoms with Gasteiger partial charge in [-0.15, -0.1) is 17.5 Å². The van der Waals surface area contributed by atoms with Gasteiger partial charge in [0, 0.05) is 12.1 Å². The minimum atomic E-state index is -0.568. The lowest BCUT2D eigenvalue weighted by Crippen LogP contribution is -2.17. The van der Waals surface area contributed by atoms with Crippen LogP contribution in [0.3, 0.4) is 0 Å². The zero-order chi connectivity index (χ0) is 13.9. The molecule has 1 aromatic carbocycles. The van der Waals surface area contributed by atoms with Crippen LogP contribution >= 0.6 is 24.0 Å². The SMILES string of the molecule is Cl.O=c1[nH]nc(-c2ccc(Cl)c(NC[C@@H]3CCNC3)c2)o1. The highest BCUT2D eigenvalue weighted by Gasteiger charge is 2.15. The van der Waals surface area contributed by atoms with E-state index >= 15 is 0 Å². The van der Waals surface area contributed by atoms with E-state index in [0.29, 0.717) is 16.5 Å². The maximum Gasteiger partial charge on any atom is 0.434 e. The predicted octanol–water partition coefficient (Wildman–Crippen LogP) is 2.13. The summed E-state index contributed by atoms with van der Waals surface area (Å²) < 4.78 is 4.94. The van der Waals surface area contributed by atoms with Crippen molar-refractivity contribution in [1.82, 2.24) is 15.5 Å². The van der Waals surface area contributed by atoms with Gasteiger partial charge in [-0.05, 0) is 43.6 Å². The van der Waals surface area contributed by atoms with Crippen molar-refractivity contribution in [3.8, 4) is 11.5 Å². The molecule has 2 aromatic rings. The number of halogens is 2. The first-order chi connectivity index (χ1) is 9.72. The largest absolute Gasteiger partial charge is 0.434 e. The Morgan fingerprint density at radius 3 is 3.00 bits per heavy atom. The Bertz CT molecular complexity index is 650. The minimum Gasteiger partial charge on any atom is -0.388 e. The average molecular weight is 331 g/mol. The van der Waals surface area contributed by atoms with Crippen molar-refractivity contribution >= 4 is 29.7 Å². The second-order valence-corrected chi connectivity index (χ2v) is 5.26. The first kappa shape index (κ1) is 15.9. The summed E-state index contributed by atoms with van der Waals surface area (Å²) in [5, 5.41) is 13.4. The quantitative estimate of drug-likeness (QED) is 0.799. The second-order valence-electron chi connectivity index (χ2n) is 4.85. The van der Waals surface area contributed by atoms with Gasteiger partial charge in [0.15, 0.2) is 0 Å². The van der Waals surface area contributed by atoms with Crippen LogP contribution in [0.4, 0.5) is 5.69 Å². The molecule has 1 atom stereocenters. The third-order valence-corrected chi connectivity index (χ3v) is 3.72. The van der Waals surface area contributed by atoms with E-state index in [2.05, 4.69) is 20.8 Å². The molecule has 0 saturated carbocycles. The lowest BCUT2D eigenvalue weighted by atomic mass is 10.1. The van der Waals surface area contributed by atoms with E-state index in [4.69, 9.17) is 16.0 Å². The van der Waals surface area contributed by atoms with E-state index in [1.807, 2.05) is 6.07 Å². The van der Waals surface area contributed by atoms with Crippen molar-refractivity contribution in [2.45, 2.75) is 6.42 Å². The van der Waals surface area contributed by atoms with Crippen molar-refractivity contribution in [3.63, 3.8) is 0 Å². The number of benzene rings is 1. The fraction of sp³-hybridized carbons (Fsp3) is 0.385. The molecule has 0 aliphatic carbocycles. The van der Waals surface area contributed by atoms with Crippen molar-refractivity contribution < 1.29 is 4.42 Å². The van der Waals surface area contributed by atoms with Crippen molar-refractivity contribution in [2.75, 3.05) is 25.0 Å². The number of nitrogens with zero attached hydrogens (tertiary/aromatic N) is 1. The summed E-state index contributed by atoms with van der Waals surface area (Å²) in [7, 11) is 0. The molecule has 1 aliphatic heterocycles. The van der Waals surface area contributed by atoms with E-state index in [-0.39, 0.29) is 18.3 Å². The van der Waals surface area contributed by atoms with Gasteiger partial charge in [0.05, 0.1) is 10.7 Å². The monoisotopic (exact) mass is 330 g/mol. The molecule has 21 heavy (non-hydrogen) atoms. The molecule has 6 nitrogen and oxygen atoms in total. The van der Waals surface area contributed by atoms with Gasteiger partial charge in [-0.3, -0.25) is 0 Å². The van der Waals surface area contributed by atoms with Crippen molar-refractivity contribution in [2.24, 2.45) is 5.92 Å². The van der Waals surface area contributed by atoms with Crippen LogP contribution in [-0.4, -0.2) is 29.8 Å². The molecular weight excluding hydrogens is 315 g/mol. The predicted molar refractivity (Wildman–Crippen MR) is 84.3 cm³/mol. The van der Waals surface area contributed by atoms with E-state index in [0.717, 1.165) is 25.3 Å². The van der Waals surface area contributed by atoms with Gasteiger partial charge < -0.3 is 15.1 Å². The van der Waals surface area contributed by atoms with Crippen LogP contribution in [0.15, 0.2) is 27.4 Å². The number of H-pyrrole nitrogens is 1. The molecule has 0 bridgehead atoms. The summed E-state index contributed by atoms with van der Waals surface area (Å²) in [5.74, 6) is 0.303. The smallest absolute Gasteiger partial charge is 0.388 e. The molecule has 3 N–H and O–H groups in total. The summed E-state index contributed by atoms with van der Waals surface area (Å²) in [5.41, 5.74) is 1.53. The van der Waals surface area contributed by atoms with E-state index in [9.17, 15) is 4.79 Å². The molecular formula is C13H16Cl2N4O2. The van der Waals surface area contributed by atoms with Crippen LogP contribution in [0.2, 0.25) is 5.02 Å². The lowest BCUT2D eigenvalue weighted by molar-refractivity contribution is 0.527. The van der Waals surface area contributed by atoms with E-state index in [1.54, 1.807) is 12.1 Å². The highest BCUT2D eigenvalue weighted by atomic mass is 35.5. The Hall–Kier alpha value is -1.50. The molecule has 0 spiro atoms.